The maximum absolute atomic E-state index is 4.19. The van der Waals surface area contributed by atoms with Crippen LogP contribution in [-0.4, -0.2) is 4.98 Å². The Balaban J connectivity index is 2.21. The highest BCUT2D eigenvalue weighted by Gasteiger charge is 1.94. The van der Waals surface area contributed by atoms with Crippen molar-refractivity contribution in [2.24, 2.45) is 0 Å². The van der Waals surface area contributed by atoms with Crippen molar-refractivity contribution in [2.75, 3.05) is 5.32 Å². The van der Waals surface area contributed by atoms with E-state index in [0.29, 0.717) is 0 Å². The Labute approximate surface area is 89.3 Å². The lowest BCUT2D eigenvalue weighted by molar-refractivity contribution is 1.31. The van der Waals surface area contributed by atoms with E-state index in [0.717, 1.165) is 17.1 Å². The molecule has 0 bridgehead atoms. The van der Waals surface area contributed by atoms with Gasteiger partial charge in [-0.15, -0.1) is 0 Å². The zero-order valence-electron chi connectivity index (χ0n) is 8.35. The van der Waals surface area contributed by atoms with Crippen molar-refractivity contribution >= 4 is 17.6 Å². The summed E-state index contributed by atoms with van der Waals surface area (Å²) in [5.74, 6) is 0.846. The monoisotopic (exact) mass is 196 g/mol. The summed E-state index contributed by atoms with van der Waals surface area (Å²) < 4.78 is 0. The van der Waals surface area contributed by atoms with Crippen LogP contribution in [0.3, 0.4) is 0 Å². The number of nitrogens with one attached hydrogen (secondary N) is 1. The molecule has 2 aromatic rings. The van der Waals surface area contributed by atoms with Crippen LogP contribution in [0.15, 0.2) is 55.2 Å². The van der Waals surface area contributed by atoms with E-state index in [2.05, 4.69) is 16.9 Å². The normalized spacial score (nSPS) is 9.60. The average Bonchev–Trinajstić information content (AvgIpc) is 2.31. The van der Waals surface area contributed by atoms with E-state index >= 15 is 0 Å². The zero-order valence-corrected chi connectivity index (χ0v) is 8.35. The van der Waals surface area contributed by atoms with Crippen LogP contribution in [0.1, 0.15) is 5.56 Å². The molecule has 1 N–H and O–H groups in total. The Morgan fingerprint density at radius 1 is 1.13 bits per heavy atom. The molecule has 0 atom stereocenters. The molecule has 2 heteroatoms. The third kappa shape index (κ3) is 2.44. The summed E-state index contributed by atoms with van der Waals surface area (Å²) in [6, 6.07) is 13.8. The second kappa shape index (κ2) is 4.42. The predicted molar refractivity (Wildman–Crippen MR) is 64.1 cm³/mol. The molecule has 2 rings (SSSR count). The first-order chi connectivity index (χ1) is 7.38. The molecule has 0 fully saturated rings. The second-order valence-electron chi connectivity index (χ2n) is 3.17. The molecule has 1 heterocycles. The molecular formula is C13H12N2. The van der Waals surface area contributed by atoms with Crippen LogP contribution in [-0.2, 0) is 0 Å². The van der Waals surface area contributed by atoms with E-state index in [1.54, 1.807) is 6.20 Å². The van der Waals surface area contributed by atoms with E-state index < -0.39 is 0 Å². The highest BCUT2D eigenvalue weighted by molar-refractivity contribution is 5.61. The van der Waals surface area contributed by atoms with E-state index in [1.807, 2.05) is 48.5 Å². The molecule has 0 radical (unpaired) electrons. The number of pyridine rings is 1. The summed E-state index contributed by atoms with van der Waals surface area (Å²) in [5, 5.41) is 3.22. The van der Waals surface area contributed by atoms with Crippen LogP contribution in [0.25, 0.3) is 6.08 Å². The van der Waals surface area contributed by atoms with Crippen LogP contribution in [0.2, 0.25) is 0 Å². The molecule has 0 saturated heterocycles. The molecule has 1 aromatic carbocycles. The Hall–Kier alpha value is -2.09. The van der Waals surface area contributed by atoms with Gasteiger partial charge in [0.2, 0.25) is 0 Å². The van der Waals surface area contributed by atoms with E-state index in [1.165, 1.54) is 0 Å². The smallest absolute Gasteiger partial charge is 0.130 e. The predicted octanol–water partition coefficient (Wildman–Crippen LogP) is 3.47. The van der Waals surface area contributed by atoms with Gasteiger partial charge in [-0.3, -0.25) is 0 Å². The first kappa shape index (κ1) is 9.46. The molecule has 0 unspecified atom stereocenters. The number of benzene rings is 1. The first-order valence-electron chi connectivity index (χ1n) is 4.79. The van der Waals surface area contributed by atoms with Crippen molar-refractivity contribution in [3.8, 4) is 0 Å². The topological polar surface area (TPSA) is 24.9 Å². The van der Waals surface area contributed by atoms with Crippen LogP contribution in [0.4, 0.5) is 11.5 Å². The average molecular weight is 196 g/mol. The van der Waals surface area contributed by atoms with Gasteiger partial charge < -0.3 is 5.32 Å². The van der Waals surface area contributed by atoms with Crippen LogP contribution in [0, 0.1) is 0 Å². The molecule has 0 aliphatic carbocycles. The third-order valence-electron chi connectivity index (χ3n) is 2.06. The fraction of sp³-hybridized carbons (Fsp3) is 0. The van der Waals surface area contributed by atoms with Crippen molar-refractivity contribution in [3.05, 3.63) is 60.8 Å². The lowest BCUT2D eigenvalue weighted by Gasteiger charge is -2.05. The minimum atomic E-state index is 0.846. The van der Waals surface area contributed by atoms with Gasteiger partial charge in [-0.05, 0) is 29.8 Å². The fourth-order valence-corrected chi connectivity index (χ4v) is 1.33. The SMILES string of the molecule is C=Cc1cccc(Nc2ccccn2)c1. The molecule has 0 spiro atoms. The highest BCUT2D eigenvalue weighted by Crippen LogP contribution is 2.15. The second-order valence-corrected chi connectivity index (χ2v) is 3.17. The molecule has 0 aliphatic heterocycles. The van der Waals surface area contributed by atoms with Crippen molar-refractivity contribution in [3.63, 3.8) is 0 Å². The number of nitrogens with zero attached hydrogens (tertiary/aromatic N) is 1. The molecule has 0 saturated carbocycles. The van der Waals surface area contributed by atoms with Crippen molar-refractivity contribution in [1.29, 1.82) is 0 Å². The quantitative estimate of drug-likeness (QED) is 0.813. The minimum Gasteiger partial charge on any atom is -0.340 e. The van der Waals surface area contributed by atoms with Crippen molar-refractivity contribution < 1.29 is 0 Å². The highest BCUT2D eigenvalue weighted by atomic mass is 15.0. The van der Waals surface area contributed by atoms with Crippen LogP contribution >= 0.6 is 0 Å². The van der Waals surface area contributed by atoms with Crippen LogP contribution < -0.4 is 5.32 Å². The number of anilines is 2. The minimum absolute atomic E-state index is 0.846. The summed E-state index contributed by atoms with van der Waals surface area (Å²) in [6.07, 6.45) is 3.59. The zero-order chi connectivity index (χ0) is 10.5. The van der Waals surface area contributed by atoms with Crippen LogP contribution in [0.5, 0.6) is 0 Å². The van der Waals surface area contributed by atoms with Gasteiger partial charge in [-0.2, -0.15) is 0 Å². The molecule has 1 aromatic heterocycles. The van der Waals surface area contributed by atoms with E-state index in [4.69, 9.17) is 0 Å². The number of aromatic nitrogens is 1. The molecule has 0 aliphatic rings. The molecule has 0 amide bonds. The fourth-order valence-electron chi connectivity index (χ4n) is 1.33. The number of hydrogen-bond acceptors (Lipinski definition) is 2. The first-order valence-corrected chi connectivity index (χ1v) is 4.79. The van der Waals surface area contributed by atoms with Gasteiger partial charge >= 0.3 is 0 Å². The third-order valence-corrected chi connectivity index (χ3v) is 2.06. The van der Waals surface area contributed by atoms with Gasteiger partial charge in [0.15, 0.2) is 0 Å². The molecule has 15 heavy (non-hydrogen) atoms. The maximum Gasteiger partial charge on any atom is 0.130 e. The summed E-state index contributed by atoms with van der Waals surface area (Å²) >= 11 is 0. The van der Waals surface area contributed by atoms with Gasteiger partial charge in [0.1, 0.15) is 5.82 Å². The lowest BCUT2D eigenvalue weighted by Crippen LogP contribution is -1.92. The Kier molecular flexibility index (Phi) is 2.79. The Morgan fingerprint density at radius 3 is 2.80 bits per heavy atom. The van der Waals surface area contributed by atoms with Gasteiger partial charge in [0.25, 0.3) is 0 Å². The standard InChI is InChI=1S/C13H12N2/c1-2-11-6-5-7-12(10-11)15-13-8-3-4-9-14-13/h2-10H,1H2,(H,14,15). The van der Waals surface area contributed by atoms with E-state index in [9.17, 15) is 0 Å². The lowest BCUT2D eigenvalue weighted by atomic mass is 10.2. The summed E-state index contributed by atoms with van der Waals surface area (Å²) in [7, 11) is 0. The summed E-state index contributed by atoms with van der Waals surface area (Å²) in [4.78, 5) is 4.19. The number of rotatable bonds is 3. The van der Waals surface area contributed by atoms with E-state index in [-0.39, 0.29) is 0 Å². The number of hydrogen-bond donors (Lipinski definition) is 1. The van der Waals surface area contributed by atoms with Gasteiger partial charge in [-0.25, -0.2) is 4.98 Å². The molecular weight excluding hydrogens is 184 g/mol. The Morgan fingerprint density at radius 2 is 2.07 bits per heavy atom. The van der Waals surface area contributed by atoms with Crippen molar-refractivity contribution in [2.45, 2.75) is 0 Å². The summed E-state index contributed by atoms with van der Waals surface area (Å²) in [6.45, 7) is 3.74. The van der Waals surface area contributed by atoms with Crippen molar-refractivity contribution in [1.82, 2.24) is 4.98 Å². The molecule has 74 valence electrons. The summed E-state index contributed by atoms with van der Waals surface area (Å²) in [5.41, 5.74) is 2.11. The largest absolute Gasteiger partial charge is 0.340 e. The van der Waals surface area contributed by atoms with Gasteiger partial charge in [-0.1, -0.05) is 30.9 Å². The van der Waals surface area contributed by atoms with Gasteiger partial charge in [0, 0.05) is 11.9 Å². The Bertz CT molecular complexity index is 449. The molecule has 2 nitrogen and oxygen atoms in total. The van der Waals surface area contributed by atoms with Gasteiger partial charge in [0.05, 0.1) is 0 Å². The maximum atomic E-state index is 4.19.